The van der Waals surface area contributed by atoms with Crippen LogP contribution in [0.1, 0.15) is 30.5 Å². The SMILES string of the molecule is CC1(C)C(c2ccccc2)=Cc2c(-c3ccccc3)cc(-c3nccc4c[c]([Ge]([CH3])([CH3])[CH3])ccc34)cc21. The molecule has 0 bridgehead atoms. The molecule has 37 heavy (non-hydrogen) atoms. The number of nitrogens with zero attached hydrogens (tertiary/aromatic N) is 1. The van der Waals surface area contributed by atoms with E-state index < -0.39 is 13.3 Å². The van der Waals surface area contributed by atoms with Crippen molar-refractivity contribution in [3.8, 4) is 22.4 Å². The van der Waals surface area contributed by atoms with Crippen molar-refractivity contribution in [2.24, 2.45) is 0 Å². The van der Waals surface area contributed by atoms with E-state index in [2.05, 4.69) is 134 Å². The predicted molar refractivity (Wildman–Crippen MR) is 163 cm³/mol. The van der Waals surface area contributed by atoms with Gasteiger partial charge in [-0.15, -0.1) is 0 Å². The van der Waals surface area contributed by atoms with Crippen LogP contribution in [0, 0.1) is 0 Å². The molecule has 182 valence electrons. The first-order valence-corrected chi connectivity index (χ1v) is 20.5. The summed E-state index contributed by atoms with van der Waals surface area (Å²) in [6.07, 6.45) is 4.39. The first kappa shape index (κ1) is 23.9. The van der Waals surface area contributed by atoms with E-state index in [9.17, 15) is 0 Å². The first-order chi connectivity index (χ1) is 17.7. The summed E-state index contributed by atoms with van der Waals surface area (Å²) in [6.45, 7) is 4.71. The van der Waals surface area contributed by atoms with Crippen molar-refractivity contribution in [2.45, 2.75) is 36.5 Å². The zero-order valence-electron chi connectivity index (χ0n) is 22.3. The zero-order chi connectivity index (χ0) is 25.8. The number of rotatable bonds is 4. The molecule has 1 aliphatic carbocycles. The van der Waals surface area contributed by atoms with Gasteiger partial charge < -0.3 is 0 Å². The van der Waals surface area contributed by atoms with E-state index in [1.807, 2.05) is 6.20 Å². The Morgan fingerprint density at radius 1 is 0.676 bits per heavy atom. The summed E-state index contributed by atoms with van der Waals surface area (Å²) in [5.41, 5.74) is 9.98. The molecule has 1 nitrogen and oxygen atoms in total. The van der Waals surface area contributed by atoms with Crippen LogP contribution in [0.3, 0.4) is 0 Å². The fourth-order valence-electron chi connectivity index (χ4n) is 5.73. The van der Waals surface area contributed by atoms with Gasteiger partial charge in [0, 0.05) is 0 Å². The molecule has 4 aromatic carbocycles. The van der Waals surface area contributed by atoms with Gasteiger partial charge in [0.1, 0.15) is 0 Å². The molecule has 0 spiro atoms. The van der Waals surface area contributed by atoms with Gasteiger partial charge in [0.25, 0.3) is 0 Å². The Balaban J connectivity index is 1.60. The number of allylic oxidation sites excluding steroid dienone is 1. The molecule has 0 fully saturated rings. The van der Waals surface area contributed by atoms with Crippen LogP contribution in [0.25, 0.3) is 44.8 Å². The maximum absolute atomic E-state index is 4.95. The van der Waals surface area contributed by atoms with Crippen molar-refractivity contribution in [2.75, 3.05) is 0 Å². The van der Waals surface area contributed by atoms with Crippen molar-refractivity contribution in [1.82, 2.24) is 4.98 Å². The molecule has 0 aliphatic heterocycles. The molecular formula is C35H33GeN. The van der Waals surface area contributed by atoms with Crippen LogP contribution in [0.5, 0.6) is 0 Å². The van der Waals surface area contributed by atoms with Gasteiger partial charge >= 0.3 is 206 Å². The standard InChI is InChI=1S/C35H33GeN/c1-35(2)32(25-14-10-7-11-15-25)23-31-30(24-12-8-6-9-13-24)21-27(22-33(31)35)34-29-17-16-28(36(3,4)5)20-26(29)18-19-37-34/h6-23H,1-5H3. The zero-order valence-corrected chi connectivity index (χ0v) is 24.4. The van der Waals surface area contributed by atoms with Gasteiger partial charge in [-0.1, -0.05) is 18.2 Å². The Hall–Kier alpha value is -3.43. The van der Waals surface area contributed by atoms with Gasteiger partial charge in [0.15, 0.2) is 0 Å². The molecular weight excluding hydrogens is 507 g/mol. The molecule has 0 radical (unpaired) electrons. The van der Waals surface area contributed by atoms with Crippen LogP contribution in [0.2, 0.25) is 17.3 Å². The van der Waals surface area contributed by atoms with Gasteiger partial charge in [-0.05, 0) is 0 Å². The number of hydrogen-bond donors (Lipinski definition) is 0. The number of hydrogen-bond acceptors (Lipinski definition) is 1. The third-order valence-electron chi connectivity index (χ3n) is 7.89. The summed E-state index contributed by atoms with van der Waals surface area (Å²) >= 11 is -1.93. The topological polar surface area (TPSA) is 12.9 Å². The van der Waals surface area contributed by atoms with Gasteiger partial charge in [0.05, 0.1) is 0 Å². The molecule has 0 saturated carbocycles. The monoisotopic (exact) mass is 541 g/mol. The summed E-state index contributed by atoms with van der Waals surface area (Å²) in [4.78, 5) is 4.95. The molecule has 1 aliphatic rings. The van der Waals surface area contributed by atoms with E-state index in [1.54, 1.807) is 0 Å². The molecule has 6 rings (SSSR count). The Kier molecular flexibility index (Phi) is 5.73. The molecule has 0 unspecified atom stereocenters. The maximum atomic E-state index is 4.95. The number of pyridine rings is 1. The minimum absolute atomic E-state index is 0.117. The second-order valence-corrected chi connectivity index (χ2v) is 22.4. The van der Waals surface area contributed by atoms with E-state index in [1.165, 1.54) is 54.1 Å². The van der Waals surface area contributed by atoms with Crippen LogP contribution in [-0.2, 0) is 5.41 Å². The molecule has 0 amide bonds. The Morgan fingerprint density at radius 3 is 2.03 bits per heavy atom. The summed E-state index contributed by atoms with van der Waals surface area (Å²) in [7, 11) is 0. The van der Waals surface area contributed by atoms with Crippen LogP contribution in [0.4, 0.5) is 0 Å². The molecule has 1 aromatic heterocycles. The van der Waals surface area contributed by atoms with Gasteiger partial charge in [0.2, 0.25) is 0 Å². The van der Waals surface area contributed by atoms with E-state index >= 15 is 0 Å². The second kappa shape index (κ2) is 8.85. The Labute approximate surface area is 223 Å². The summed E-state index contributed by atoms with van der Waals surface area (Å²) < 4.78 is 1.53. The molecule has 0 N–H and O–H groups in total. The third-order valence-corrected chi connectivity index (χ3v) is 12.2. The first-order valence-electron chi connectivity index (χ1n) is 13.1. The Bertz CT molecular complexity index is 1660. The van der Waals surface area contributed by atoms with Crippen molar-refractivity contribution < 1.29 is 0 Å². The molecule has 0 saturated heterocycles. The van der Waals surface area contributed by atoms with E-state index in [4.69, 9.17) is 4.98 Å². The second-order valence-electron chi connectivity index (χ2n) is 11.7. The molecule has 1 heterocycles. The van der Waals surface area contributed by atoms with Crippen molar-refractivity contribution in [1.29, 1.82) is 0 Å². The number of fused-ring (bicyclic) bond motifs is 2. The molecule has 2 heteroatoms. The summed E-state index contributed by atoms with van der Waals surface area (Å²) in [5, 5.41) is 2.51. The normalized spacial score (nSPS) is 14.5. The van der Waals surface area contributed by atoms with E-state index in [0.717, 1.165) is 5.69 Å². The Morgan fingerprint density at radius 2 is 1.35 bits per heavy atom. The van der Waals surface area contributed by atoms with Crippen LogP contribution >= 0.6 is 0 Å². The van der Waals surface area contributed by atoms with Crippen molar-refractivity contribution in [3.63, 3.8) is 0 Å². The van der Waals surface area contributed by atoms with Gasteiger partial charge in [-0.25, -0.2) is 0 Å². The quantitative estimate of drug-likeness (QED) is 0.208. The minimum atomic E-state index is -1.93. The average Bonchev–Trinajstić information content (AvgIpc) is 3.18. The summed E-state index contributed by atoms with van der Waals surface area (Å²) in [6, 6.07) is 35.6. The van der Waals surface area contributed by atoms with E-state index in [0.29, 0.717) is 0 Å². The predicted octanol–water partition coefficient (Wildman–Crippen LogP) is 8.95. The third kappa shape index (κ3) is 4.16. The molecule has 5 aromatic rings. The van der Waals surface area contributed by atoms with Gasteiger partial charge in [-0.2, -0.15) is 0 Å². The van der Waals surface area contributed by atoms with Crippen LogP contribution < -0.4 is 4.40 Å². The van der Waals surface area contributed by atoms with Crippen molar-refractivity contribution >= 4 is 40.1 Å². The number of benzene rings is 4. The van der Waals surface area contributed by atoms with Crippen molar-refractivity contribution in [3.05, 3.63) is 120 Å². The fraction of sp³-hybridized carbons (Fsp3) is 0.171. The van der Waals surface area contributed by atoms with Gasteiger partial charge in [-0.3, -0.25) is 0 Å². The number of aromatic nitrogens is 1. The summed E-state index contributed by atoms with van der Waals surface area (Å²) in [5.74, 6) is 7.36. The average molecular weight is 540 g/mol. The van der Waals surface area contributed by atoms with E-state index in [-0.39, 0.29) is 5.41 Å². The fourth-order valence-corrected chi connectivity index (χ4v) is 8.18. The molecule has 0 atom stereocenters. The van der Waals surface area contributed by atoms with Crippen LogP contribution in [-0.4, -0.2) is 18.3 Å². The van der Waals surface area contributed by atoms with Crippen LogP contribution in [0.15, 0.2) is 103 Å².